The Morgan fingerprint density at radius 2 is 1.48 bits per heavy atom. The molecule has 0 aliphatic rings. The molecule has 3 aromatic rings. The highest BCUT2D eigenvalue weighted by molar-refractivity contribution is 7.99. The molecule has 1 amide bonds. The van der Waals surface area contributed by atoms with Gasteiger partial charge in [-0.25, -0.2) is 0 Å². The Balaban J connectivity index is 1.69. The van der Waals surface area contributed by atoms with Crippen molar-refractivity contribution in [1.29, 1.82) is 0 Å². The average molecular weight is 349 g/mol. The summed E-state index contributed by atoms with van der Waals surface area (Å²) in [5.74, 6) is 0.502. The second-order valence-corrected chi connectivity index (χ2v) is 6.59. The Labute approximate surface area is 152 Å². The minimum Gasteiger partial charge on any atom is -0.481 e. The molecule has 126 valence electrons. The van der Waals surface area contributed by atoms with E-state index in [9.17, 15) is 4.79 Å². The monoisotopic (exact) mass is 349 g/mol. The van der Waals surface area contributed by atoms with Gasteiger partial charge in [-0.15, -0.1) is 0 Å². The lowest BCUT2D eigenvalue weighted by atomic mass is 10.3. The van der Waals surface area contributed by atoms with E-state index in [1.54, 1.807) is 18.7 Å². The van der Waals surface area contributed by atoms with E-state index in [0.717, 1.165) is 15.5 Å². The summed E-state index contributed by atoms with van der Waals surface area (Å²) in [6.45, 7) is 1.75. The Hall–Kier alpha value is -2.72. The summed E-state index contributed by atoms with van der Waals surface area (Å²) in [5.41, 5.74) is 0.782. The molecular weight excluding hydrogens is 330 g/mol. The molecule has 0 aromatic heterocycles. The number of hydrogen-bond acceptors (Lipinski definition) is 3. The fourth-order valence-corrected chi connectivity index (χ4v) is 3.19. The number of benzene rings is 3. The predicted octanol–water partition coefficient (Wildman–Crippen LogP) is 5.24. The molecule has 0 saturated carbocycles. The van der Waals surface area contributed by atoms with Crippen molar-refractivity contribution in [1.82, 2.24) is 0 Å². The number of rotatable bonds is 6. The maximum atomic E-state index is 12.5. The first-order chi connectivity index (χ1) is 12.2. The summed E-state index contributed by atoms with van der Waals surface area (Å²) in [6.07, 6.45) is -0.586. The van der Waals surface area contributed by atoms with Crippen molar-refractivity contribution in [3.05, 3.63) is 84.9 Å². The molecule has 0 bridgehead atoms. The maximum absolute atomic E-state index is 12.5. The molecule has 1 N–H and O–H groups in total. The van der Waals surface area contributed by atoms with Crippen LogP contribution in [0, 0.1) is 0 Å². The van der Waals surface area contributed by atoms with Gasteiger partial charge in [-0.3, -0.25) is 4.79 Å². The highest BCUT2D eigenvalue weighted by Gasteiger charge is 2.16. The molecule has 3 nitrogen and oxygen atoms in total. The van der Waals surface area contributed by atoms with Crippen LogP contribution in [0.25, 0.3) is 0 Å². The lowest BCUT2D eigenvalue weighted by Crippen LogP contribution is -2.30. The summed E-state index contributed by atoms with van der Waals surface area (Å²) >= 11 is 1.62. The molecule has 0 aliphatic heterocycles. The number of para-hydroxylation sites is 2. The fourth-order valence-electron chi connectivity index (χ4n) is 2.27. The maximum Gasteiger partial charge on any atom is 0.265 e. The number of nitrogens with one attached hydrogen (secondary N) is 1. The first-order valence-electron chi connectivity index (χ1n) is 8.07. The first-order valence-corrected chi connectivity index (χ1v) is 8.88. The number of amides is 1. The van der Waals surface area contributed by atoms with Crippen LogP contribution in [0.15, 0.2) is 94.7 Å². The van der Waals surface area contributed by atoms with Gasteiger partial charge < -0.3 is 10.1 Å². The normalized spacial score (nSPS) is 11.6. The number of carbonyl (C=O) groups excluding carboxylic acids is 1. The van der Waals surface area contributed by atoms with Crippen molar-refractivity contribution in [2.75, 3.05) is 5.32 Å². The standard InChI is InChI=1S/C21H19NO2S/c1-16(24-17-10-4-2-5-11-17)21(23)22-19-14-8-9-15-20(19)25-18-12-6-3-7-13-18/h2-16H,1H3,(H,22,23)/t16-/m1/s1. The van der Waals surface area contributed by atoms with Gasteiger partial charge in [-0.1, -0.05) is 60.3 Å². The van der Waals surface area contributed by atoms with Gasteiger partial charge in [-0.05, 0) is 43.3 Å². The van der Waals surface area contributed by atoms with Gasteiger partial charge >= 0.3 is 0 Å². The zero-order valence-electron chi connectivity index (χ0n) is 13.9. The molecule has 0 radical (unpaired) electrons. The van der Waals surface area contributed by atoms with Crippen LogP contribution in [-0.4, -0.2) is 12.0 Å². The van der Waals surface area contributed by atoms with E-state index in [4.69, 9.17) is 4.74 Å². The Morgan fingerprint density at radius 3 is 2.20 bits per heavy atom. The molecular formula is C21H19NO2S. The number of carbonyl (C=O) groups is 1. The van der Waals surface area contributed by atoms with Crippen molar-refractivity contribution in [3.8, 4) is 5.75 Å². The molecule has 3 rings (SSSR count). The molecule has 0 spiro atoms. The Morgan fingerprint density at radius 1 is 0.880 bits per heavy atom. The van der Waals surface area contributed by atoms with Crippen molar-refractivity contribution in [2.24, 2.45) is 0 Å². The van der Waals surface area contributed by atoms with E-state index in [0.29, 0.717) is 5.75 Å². The van der Waals surface area contributed by atoms with Crippen LogP contribution in [0.1, 0.15) is 6.92 Å². The van der Waals surface area contributed by atoms with Gasteiger partial charge in [0.05, 0.1) is 5.69 Å². The van der Waals surface area contributed by atoms with Crippen LogP contribution in [0.3, 0.4) is 0 Å². The predicted molar refractivity (Wildman–Crippen MR) is 102 cm³/mol. The number of hydrogen-bond donors (Lipinski definition) is 1. The highest BCUT2D eigenvalue weighted by atomic mass is 32.2. The van der Waals surface area contributed by atoms with E-state index in [1.165, 1.54) is 0 Å². The summed E-state index contributed by atoms with van der Waals surface area (Å²) in [7, 11) is 0. The molecule has 4 heteroatoms. The summed E-state index contributed by atoms with van der Waals surface area (Å²) in [4.78, 5) is 14.6. The SMILES string of the molecule is C[C@@H](Oc1ccccc1)C(=O)Nc1ccccc1Sc1ccccc1. The second-order valence-electron chi connectivity index (χ2n) is 5.47. The van der Waals surface area contributed by atoms with E-state index < -0.39 is 6.10 Å². The Kier molecular flexibility index (Phi) is 5.75. The van der Waals surface area contributed by atoms with Crippen LogP contribution in [0.2, 0.25) is 0 Å². The number of anilines is 1. The molecule has 3 aromatic carbocycles. The molecule has 0 fully saturated rings. The average Bonchev–Trinajstić information content (AvgIpc) is 2.65. The topological polar surface area (TPSA) is 38.3 Å². The summed E-state index contributed by atoms with van der Waals surface area (Å²) in [6, 6.07) is 27.2. The van der Waals surface area contributed by atoms with Gasteiger partial charge in [0, 0.05) is 9.79 Å². The van der Waals surface area contributed by atoms with Gasteiger partial charge in [0.2, 0.25) is 0 Å². The zero-order valence-corrected chi connectivity index (χ0v) is 14.7. The van der Waals surface area contributed by atoms with Gasteiger partial charge in [-0.2, -0.15) is 0 Å². The molecule has 1 atom stereocenters. The molecule has 0 unspecified atom stereocenters. The third kappa shape index (κ3) is 4.88. The third-order valence-corrected chi connectivity index (χ3v) is 4.63. The van der Waals surface area contributed by atoms with Crippen LogP contribution in [-0.2, 0) is 4.79 Å². The smallest absolute Gasteiger partial charge is 0.265 e. The van der Waals surface area contributed by atoms with Crippen LogP contribution >= 0.6 is 11.8 Å². The quantitative estimate of drug-likeness (QED) is 0.661. The lowest BCUT2D eigenvalue weighted by Gasteiger charge is -2.16. The molecule has 0 saturated heterocycles. The van der Waals surface area contributed by atoms with Crippen molar-refractivity contribution >= 4 is 23.4 Å². The van der Waals surface area contributed by atoms with E-state index in [1.807, 2.05) is 84.9 Å². The summed E-state index contributed by atoms with van der Waals surface area (Å²) < 4.78 is 5.69. The van der Waals surface area contributed by atoms with E-state index in [2.05, 4.69) is 5.32 Å². The summed E-state index contributed by atoms with van der Waals surface area (Å²) in [5, 5.41) is 2.97. The minimum absolute atomic E-state index is 0.176. The van der Waals surface area contributed by atoms with Gasteiger partial charge in [0.1, 0.15) is 5.75 Å². The zero-order chi connectivity index (χ0) is 17.5. The fraction of sp³-hybridized carbons (Fsp3) is 0.0952. The largest absolute Gasteiger partial charge is 0.481 e. The van der Waals surface area contributed by atoms with Crippen molar-refractivity contribution in [2.45, 2.75) is 22.8 Å². The lowest BCUT2D eigenvalue weighted by molar-refractivity contribution is -0.122. The Bertz CT molecular complexity index is 822. The molecule has 0 aliphatic carbocycles. The van der Waals surface area contributed by atoms with Gasteiger partial charge in [0.25, 0.3) is 5.91 Å². The number of ether oxygens (including phenoxy) is 1. The van der Waals surface area contributed by atoms with Crippen LogP contribution in [0.5, 0.6) is 5.75 Å². The highest BCUT2D eigenvalue weighted by Crippen LogP contribution is 2.33. The van der Waals surface area contributed by atoms with E-state index in [-0.39, 0.29) is 5.91 Å². The molecule has 0 heterocycles. The van der Waals surface area contributed by atoms with E-state index >= 15 is 0 Å². The first kappa shape index (κ1) is 17.1. The van der Waals surface area contributed by atoms with Crippen LogP contribution in [0.4, 0.5) is 5.69 Å². The van der Waals surface area contributed by atoms with Gasteiger partial charge in [0.15, 0.2) is 6.10 Å². The van der Waals surface area contributed by atoms with Crippen LogP contribution < -0.4 is 10.1 Å². The third-order valence-electron chi connectivity index (χ3n) is 3.54. The van der Waals surface area contributed by atoms with Crippen molar-refractivity contribution < 1.29 is 9.53 Å². The minimum atomic E-state index is -0.586. The molecule has 25 heavy (non-hydrogen) atoms. The second kappa shape index (κ2) is 8.40. The van der Waals surface area contributed by atoms with Crippen molar-refractivity contribution in [3.63, 3.8) is 0 Å².